The summed E-state index contributed by atoms with van der Waals surface area (Å²) in [7, 11) is 0. The summed E-state index contributed by atoms with van der Waals surface area (Å²) in [6.07, 6.45) is 1.41. The molecule has 1 saturated heterocycles. The summed E-state index contributed by atoms with van der Waals surface area (Å²) in [5.74, 6) is 0. The van der Waals surface area contributed by atoms with Gasteiger partial charge in [0.05, 0.1) is 24.4 Å². The smallest absolute Gasteiger partial charge is 0.0723 e. The van der Waals surface area contributed by atoms with E-state index in [0.717, 1.165) is 32.7 Å². The summed E-state index contributed by atoms with van der Waals surface area (Å²) in [4.78, 5) is 2.48. The van der Waals surface area contributed by atoms with Gasteiger partial charge in [0, 0.05) is 17.6 Å². The normalized spacial score (nSPS) is 23.1. The van der Waals surface area contributed by atoms with Crippen LogP contribution in [-0.4, -0.2) is 31.8 Å². The fraction of sp³-hybridized carbons (Fsp3) is 0.625. The highest BCUT2D eigenvalue weighted by Gasteiger charge is 2.26. The van der Waals surface area contributed by atoms with Crippen LogP contribution in [0.4, 0.5) is 5.69 Å². The number of nitrogens with one attached hydrogen (secondary N) is 1. The molecule has 1 N–H and O–H groups in total. The zero-order valence-corrected chi connectivity index (χ0v) is 14.2. The highest BCUT2D eigenvalue weighted by molar-refractivity contribution is 9.10. The molecule has 0 bridgehead atoms. The molecule has 3 nitrogen and oxygen atoms in total. The van der Waals surface area contributed by atoms with Gasteiger partial charge in [-0.05, 0) is 53.5 Å². The second kappa shape index (κ2) is 7.43. The minimum absolute atomic E-state index is 0.297. The number of nitrogens with zero attached hydrogens (tertiary/aromatic N) is 1. The van der Waals surface area contributed by atoms with Crippen molar-refractivity contribution < 1.29 is 4.74 Å². The van der Waals surface area contributed by atoms with E-state index >= 15 is 0 Å². The molecule has 1 fully saturated rings. The molecule has 1 aromatic rings. The Bertz CT molecular complexity index is 438. The molecule has 1 aromatic carbocycles. The van der Waals surface area contributed by atoms with E-state index in [1.807, 2.05) is 0 Å². The third-order valence-electron chi connectivity index (χ3n) is 3.84. The van der Waals surface area contributed by atoms with E-state index in [-0.39, 0.29) is 0 Å². The van der Waals surface area contributed by atoms with Gasteiger partial charge in [-0.25, -0.2) is 0 Å². The minimum Gasteiger partial charge on any atom is -0.375 e. The summed E-state index contributed by atoms with van der Waals surface area (Å²) < 4.78 is 6.96. The first kappa shape index (κ1) is 15.8. The van der Waals surface area contributed by atoms with Crippen molar-refractivity contribution in [1.29, 1.82) is 0 Å². The lowest BCUT2D eigenvalue weighted by atomic mass is 10.1. The van der Waals surface area contributed by atoms with Gasteiger partial charge < -0.3 is 15.0 Å². The molecule has 2 unspecified atom stereocenters. The standard InChI is InChI=1S/C16H25BrN2O/c1-4-14-11-20-12(3)10-19(14)16-7-6-13(8-15(16)17)9-18-5-2/h6-8,12,14,18H,4-5,9-11H2,1-3H3. The third-order valence-corrected chi connectivity index (χ3v) is 4.47. The third kappa shape index (κ3) is 3.74. The molecular weight excluding hydrogens is 316 g/mol. The van der Waals surface area contributed by atoms with Crippen LogP contribution in [0.2, 0.25) is 0 Å². The lowest BCUT2D eigenvalue weighted by Gasteiger charge is -2.40. The molecule has 0 amide bonds. The summed E-state index contributed by atoms with van der Waals surface area (Å²) in [6.45, 7) is 10.2. The maximum absolute atomic E-state index is 5.78. The molecule has 1 heterocycles. The Labute approximate surface area is 130 Å². The van der Waals surface area contributed by atoms with E-state index in [1.54, 1.807) is 0 Å². The van der Waals surface area contributed by atoms with Crippen molar-refractivity contribution in [3.63, 3.8) is 0 Å². The number of benzene rings is 1. The lowest BCUT2D eigenvalue weighted by Crippen LogP contribution is -2.48. The number of anilines is 1. The second-order valence-corrected chi connectivity index (χ2v) is 6.28. The first-order valence-electron chi connectivity index (χ1n) is 7.53. The molecule has 4 heteroatoms. The van der Waals surface area contributed by atoms with Gasteiger partial charge in [-0.2, -0.15) is 0 Å². The number of ether oxygens (including phenoxy) is 1. The number of hydrogen-bond acceptors (Lipinski definition) is 3. The van der Waals surface area contributed by atoms with Crippen molar-refractivity contribution in [2.75, 3.05) is 24.6 Å². The quantitative estimate of drug-likeness (QED) is 0.886. The van der Waals surface area contributed by atoms with Crippen molar-refractivity contribution >= 4 is 21.6 Å². The zero-order chi connectivity index (χ0) is 14.5. The van der Waals surface area contributed by atoms with Gasteiger partial charge >= 0.3 is 0 Å². The van der Waals surface area contributed by atoms with Crippen molar-refractivity contribution in [1.82, 2.24) is 5.32 Å². The maximum Gasteiger partial charge on any atom is 0.0723 e. The molecule has 2 rings (SSSR count). The number of halogens is 1. The summed E-state index contributed by atoms with van der Waals surface area (Å²) in [6, 6.07) is 7.15. The Morgan fingerprint density at radius 3 is 2.85 bits per heavy atom. The second-order valence-electron chi connectivity index (χ2n) is 5.42. The lowest BCUT2D eigenvalue weighted by molar-refractivity contribution is 0.0299. The topological polar surface area (TPSA) is 24.5 Å². The van der Waals surface area contributed by atoms with Crippen LogP contribution < -0.4 is 10.2 Å². The summed E-state index contributed by atoms with van der Waals surface area (Å²) in [5, 5.41) is 3.36. The Morgan fingerprint density at radius 2 is 2.20 bits per heavy atom. The van der Waals surface area contributed by atoms with Gasteiger partial charge in [-0.3, -0.25) is 0 Å². The number of morpholine rings is 1. The molecule has 0 spiro atoms. The monoisotopic (exact) mass is 340 g/mol. The Balaban J connectivity index is 2.17. The maximum atomic E-state index is 5.78. The van der Waals surface area contributed by atoms with Gasteiger partial charge in [0.2, 0.25) is 0 Å². The van der Waals surface area contributed by atoms with Gasteiger partial charge in [-0.15, -0.1) is 0 Å². The fourth-order valence-corrected chi connectivity index (χ4v) is 3.29. The van der Waals surface area contributed by atoms with Crippen molar-refractivity contribution in [3.05, 3.63) is 28.2 Å². The van der Waals surface area contributed by atoms with Crippen molar-refractivity contribution in [2.45, 2.75) is 45.9 Å². The molecule has 0 aromatic heterocycles. The van der Waals surface area contributed by atoms with Crippen LogP contribution in [0.5, 0.6) is 0 Å². The van der Waals surface area contributed by atoms with Crippen molar-refractivity contribution in [3.8, 4) is 0 Å². The van der Waals surface area contributed by atoms with Crippen molar-refractivity contribution in [2.24, 2.45) is 0 Å². The van der Waals surface area contributed by atoms with E-state index in [0.29, 0.717) is 12.1 Å². The zero-order valence-electron chi connectivity index (χ0n) is 12.7. The van der Waals surface area contributed by atoms with Crippen LogP contribution in [-0.2, 0) is 11.3 Å². The first-order valence-corrected chi connectivity index (χ1v) is 8.32. The molecule has 0 radical (unpaired) electrons. The predicted octanol–water partition coefficient (Wildman–Crippen LogP) is 3.56. The van der Waals surface area contributed by atoms with Gasteiger partial charge in [0.25, 0.3) is 0 Å². The first-order chi connectivity index (χ1) is 9.65. The molecular formula is C16H25BrN2O. The van der Waals surface area contributed by atoms with Crippen LogP contribution in [0.15, 0.2) is 22.7 Å². The van der Waals surface area contributed by atoms with Crippen LogP contribution in [0, 0.1) is 0 Å². The Morgan fingerprint density at radius 1 is 1.40 bits per heavy atom. The number of hydrogen-bond donors (Lipinski definition) is 1. The van der Waals surface area contributed by atoms with Crippen LogP contribution >= 0.6 is 15.9 Å². The minimum atomic E-state index is 0.297. The molecule has 20 heavy (non-hydrogen) atoms. The molecule has 0 aliphatic carbocycles. The molecule has 2 atom stereocenters. The molecule has 1 aliphatic heterocycles. The summed E-state index contributed by atoms with van der Waals surface area (Å²) in [5.41, 5.74) is 2.60. The van der Waals surface area contributed by atoms with Gasteiger partial charge in [0.15, 0.2) is 0 Å². The average molecular weight is 341 g/mol. The fourth-order valence-electron chi connectivity index (χ4n) is 2.64. The SMILES string of the molecule is CCNCc1ccc(N2CC(C)OCC2CC)c(Br)c1. The van der Waals surface area contributed by atoms with Crippen LogP contribution in [0.25, 0.3) is 0 Å². The highest BCUT2D eigenvalue weighted by atomic mass is 79.9. The van der Waals surface area contributed by atoms with E-state index in [4.69, 9.17) is 4.74 Å². The van der Waals surface area contributed by atoms with E-state index < -0.39 is 0 Å². The molecule has 112 valence electrons. The Kier molecular flexibility index (Phi) is 5.87. The molecule has 1 aliphatic rings. The predicted molar refractivity (Wildman–Crippen MR) is 88.4 cm³/mol. The van der Waals surface area contributed by atoms with Crippen LogP contribution in [0.1, 0.15) is 32.8 Å². The highest BCUT2D eigenvalue weighted by Crippen LogP contribution is 2.31. The average Bonchev–Trinajstić information content (AvgIpc) is 2.45. The van der Waals surface area contributed by atoms with E-state index in [9.17, 15) is 0 Å². The van der Waals surface area contributed by atoms with Crippen LogP contribution in [0.3, 0.4) is 0 Å². The van der Waals surface area contributed by atoms with Gasteiger partial charge in [0.1, 0.15) is 0 Å². The van der Waals surface area contributed by atoms with Gasteiger partial charge in [-0.1, -0.05) is 19.9 Å². The summed E-state index contributed by atoms with van der Waals surface area (Å²) >= 11 is 3.74. The number of rotatable bonds is 5. The van der Waals surface area contributed by atoms with E-state index in [2.05, 4.69) is 65.1 Å². The Hall–Kier alpha value is -0.580. The van der Waals surface area contributed by atoms with E-state index in [1.165, 1.54) is 15.7 Å². The largest absolute Gasteiger partial charge is 0.375 e. The molecule has 0 saturated carbocycles.